The van der Waals surface area contributed by atoms with Crippen molar-refractivity contribution in [1.82, 2.24) is 0 Å². The van der Waals surface area contributed by atoms with Gasteiger partial charge in [0.05, 0.1) is 12.2 Å². The second kappa shape index (κ2) is 10.4. The molecule has 0 saturated heterocycles. The number of aryl methyl sites for hydroxylation is 1. The number of aldehydes is 1. The maximum absolute atomic E-state index is 12.2. The van der Waals surface area contributed by atoms with Gasteiger partial charge in [-0.25, -0.2) is 4.79 Å². The first-order valence-corrected chi connectivity index (χ1v) is 9.15. The molecule has 2 aromatic rings. The maximum atomic E-state index is 12.2. The van der Waals surface area contributed by atoms with Crippen LogP contribution in [0.15, 0.2) is 42.5 Å². The van der Waals surface area contributed by atoms with E-state index >= 15 is 0 Å². The molecule has 0 radical (unpaired) electrons. The van der Waals surface area contributed by atoms with Crippen LogP contribution in [0.2, 0.25) is 0 Å². The molecule has 2 rings (SSSR count). The standard InChI is InChI=1S/C22H26O4/c1-3-4-5-6-7-14-25-20-12-9-18(10-13-20)22(24)26-21-11-8-17(2)19(15-21)16-23/h8-13,15-16H,3-7,14H2,1-2H3. The Balaban J connectivity index is 1.85. The van der Waals surface area contributed by atoms with E-state index in [4.69, 9.17) is 9.47 Å². The summed E-state index contributed by atoms with van der Waals surface area (Å²) in [6.07, 6.45) is 6.72. The summed E-state index contributed by atoms with van der Waals surface area (Å²) >= 11 is 0. The summed E-state index contributed by atoms with van der Waals surface area (Å²) in [5.74, 6) is 0.641. The van der Waals surface area contributed by atoms with Gasteiger partial charge in [-0.3, -0.25) is 4.79 Å². The Morgan fingerprint density at radius 2 is 1.65 bits per heavy atom. The van der Waals surface area contributed by atoms with E-state index in [9.17, 15) is 9.59 Å². The number of unbranched alkanes of at least 4 members (excludes halogenated alkanes) is 4. The van der Waals surface area contributed by atoms with Crippen LogP contribution in [-0.4, -0.2) is 18.9 Å². The van der Waals surface area contributed by atoms with Gasteiger partial charge >= 0.3 is 5.97 Å². The topological polar surface area (TPSA) is 52.6 Å². The van der Waals surface area contributed by atoms with Crippen molar-refractivity contribution in [1.29, 1.82) is 0 Å². The summed E-state index contributed by atoms with van der Waals surface area (Å²) in [6, 6.07) is 11.9. The Bertz CT molecular complexity index is 719. The molecule has 0 unspecified atom stereocenters. The van der Waals surface area contributed by atoms with Crippen LogP contribution < -0.4 is 9.47 Å². The zero-order chi connectivity index (χ0) is 18.8. The normalized spacial score (nSPS) is 10.4. The molecule has 0 aliphatic rings. The molecule has 0 atom stereocenters. The van der Waals surface area contributed by atoms with Gasteiger partial charge in [0.1, 0.15) is 17.8 Å². The van der Waals surface area contributed by atoms with Crippen molar-refractivity contribution in [3.63, 3.8) is 0 Å². The van der Waals surface area contributed by atoms with Gasteiger partial charge in [0.25, 0.3) is 0 Å². The summed E-state index contributed by atoms with van der Waals surface area (Å²) < 4.78 is 11.0. The Labute approximate surface area is 155 Å². The van der Waals surface area contributed by atoms with Gasteiger partial charge in [-0.05, 0) is 55.3 Å². The van der Waals surface area contributed by atoms with Crippen molar-refractivity contribution in [3.8, 4) is 11.5 Å². The summed E-state index contributed by atoms with van der Waals surface area (Å²) in [4.78, 5) is 23.2. The van der Waals surface area contributed by atoms with Crippen LogP contribution in [0.25, 0.3) is 0 Å². The predicted molar refractivity (Wildman–Crippen MR) is 102 cm³/mol. The molecule has 0 saturated carbocycles. The van der Waals surface area contributed by atoms with Gasteiger partial charge in [-0.1, -0.05) is 38.7 Å². The first-order valence-electron chi connectivity index (χ1n) is 9.15. The molecule has 0 amide bonds. The van der Waals surface area contributed by atoms with E-state index in [1.807, 2.05) is 6.92 Å². The molecule has 4 heteroatoms. The lowest BCUT2D eigenvalue weighted by Gasteiger charge is -2.08. The SMILES string of the molecule is CCCCCCCOc1ccc(C(=O)Oc2ccc(C)c(C=O)c2)cc1. The lowest BCUT2D eigenvalue weighted by atomic mass is 10.1. The second-order valence-corrected chi connectivity index (χ2v) is 6.31. The summed E-state index contributed by atoms with van der Waals surface area (Å²) in [5, 5.41) is 0. The Hall–Kier alpha value is -2.62. The third-order valence-electron chi connectivity index (χ3n) is 4.19. The molecule has 0 bridgehead atoms. The molecule has 0 aliphatic carbocycles. The summed E-state index contributed by atoms with van der Waals surface area (Å²) in [6.45, 7) is 4.71. The molecular weight excluding hydrogens is 328 g/mol. The molecule has 0 aromatic heterocycles. The minimum absolute atomic E-state index is 0.357. The van der Waals surface area contributed by atoms with Crippen molar-refractivity contribution in [3.05, 3.63) is 59.2 Å². The largest absolute Gasteiger partial charge is 0.494 e. The van der Waals surface area contributed by atoms with Crippen LogP contribution in [0.4, 0.5) is 0 Å². The van der Waals surface area contributed by atoms with Crippen LogP contribution >= 0.6 is 0 Å². The number of benzene rings is 2. The highest BCUT2D eigenvalue weighted by atomic mass is 16.5. The van der Waals surface area contributed by atoms with Crippen molar-refractivity contribution in [2.24, 2.45) is 0 Å². The predicted octanol–water partition coefficient (Wildman–Crippen LogP) is 5.38. The highest BCUT2D eigenvalue weighted by Crippen LogP contribution is 2.19. The van der Waals surface area contributed by atoms with Gasteiger partial charge in [-0.2, -0.15) is 0 Å². The molecule has 138 valence electrons. The third-order valence-corrected chi connectivity index (χ3v) is 4.19. The summed E-state index contributed by atoms with van der Waals surface area (Å²) in [7, 11) is 0. The number of esters is 1. The van der Waals surface area contributed by atoms with Crippen molar-refractivity contribution < 1.29 is 19.1 Å². The zero-order valence-electron chi connectivity index (χ0n) is 15.5. The highest BCUT2D eigenvalue weighted by molar-refractivity contribution is 5.91. The monoisotopic (exact) mass is 354 g/mol. The van der Waals surface area contributed by atoms with E-state index in [-0.39, 0.29) is 0 Å². The van der Waals surface area contributed by atoms with Crippen molar-refractivity contribution in [2.75, 3.05) is 6.61 Å². The average molecular weight is 354 g/mol. The average Bonchev–Trinajstić information content (AvgIpc) is 2.66. The molecule has 26 heavy (non-hydrogen) atoms. The van der Waals surface area contributed by atoms with E-state index < -0.39 is 5.97 Å². The quantitative estimate of drug-likeness (QED) is 0.249. The first-order chi connectivity index (χ1) is 12.6. The van der Waals surface area contributed by atoms with Gasteiger partial charge in [-0.15, -0.1) is 0 Å². The van der Waals surface area contributed by atoms with Crippen LogP contribution in [0.5, 0.6) is 11.5 Å². The van der Waals surface area contributed by atoms with Gasteiger partial charge < -0.3 is 9.47 Å². The number of ether oxygens (including phenoxy) is 2. The van der Waals surface area contributed by atoms with Crippen molar-refractivity contribution in [2.45, 2.75) is 46.0 Å². The van der Waals surface area contributed by atoms with E-state index in [1.165, 1.54) is 25.7 Å². The van der Waals surface area contributed by atoms with Crippen LogP contribution in [-0.2, 0) is 0 Å². The minimum Gasteiger partial charge on any atom is -0.494 e. The van der Waals surface area contributed by atoms with Crippen LogP contribution in [0.3, 0.4) is 0 Å². The molecule has 2 aromatic carbocycles. The molecule has 0 spiro atoms. The van der Waals surface area contributed by atoms with Gasteiger partial charge in [0.15, 0.2) is 0 Å². The number of hydrogen-bond donors (Lipinski definition) is 0. The lowest BCUT2D eigenvalue weighted by molar-refractivity contribution is 0.0734. The third kappa shape index (κ3) is 6.03. The van der Waals surface area contributed by atoms with E-state index in [0.29, 0.717) is 23.5 Å². The summed E-state index contributed by atoms with van der Waals surface area (Å²) in [5.41, 5.74) is 1.79. The zero-order valence-corrected chi connectivity index (χ0v) is 15.5. The first kappa shape index (κ1) is 19.7. The Morgan fingerprint density at radius 3 is 2.35 bits per heavy atom. The Morgan fingerprint density at radius 1 is 0.962 bits per heavy atom. The molecule has 0 fully saturated rings. The molecule has 0 heterocycles. The van der Waals surface area contributed by atoms with E-state index in [2.05, 4.69) is 6.92 Å². The fourth-order valence-electron chi connectivity index (χ4n) is 2.56. The molecule has 0 N–H and O–H groups in total. The number of carbonyl (C=O) groups is 2. The van der Waals surface area contributed by atoms with Gasteiger partial charge in [0, 0.05) is 5.56 Å². The van der Waals surface area contributed by atoms with Crippen LogP contribution in [0.1, 0.15) is 65.3 Å². The molecule has 0 aliphatic heterocycles. The van der Waals surface area contributed by atoms with E-state index in [1.54, 1.807) is 42.5 Å². The fourth-order valence-corrected chi connectivity index (χ4v) is 2.56. The molecular formula is C22H26O4. The molecule has 4 nitrogen and oxygen atoms in total. The number of hydrogen-bond acceptors (Lipinski definition) is 4. The lowest BCUT2D eigenvalue weighted by Crippen LogP contribution is -2.09. The van der Waals surface area contributed by atoms with Crippen LogP contribution in [0, 0.1) is 6.92 Å². The number of rotatable bonds is 10. The highest BCUT2D eigenvalue weighted by Gasteiger charge is 2.10. The fraction of sp³-hybridized carbons (Fsp3) is 0.364. The van der Waals surface area contributed by atoms with Crippen molar-refractivity contribution >= 4 is 12.3 Å². The van der Waals surface area contributed by atoms with Gasteiger partial charge in [0.2, 0.25) is 0 Å². The smallest absolute Gasteiger partial charge is 0.343 e. The minimum atomic E-state index is -0.461. The second-order valence-electron chi connectivity index (χ2n) is 6.31. The maximum Gasteiger partial charge on any atom is 0.343 e. The van der Waals surface area contributed by atoms with E-state index in [0.717, 1.165) is 24.0 Å². The number of carbonyl (C=O) groups excluding carboxylic acids is 2. The Kier molecular flexibility index (Phi) is 7.87.